The fraction of sp³-hybridized carbons (Fsp3) is 0.174. The number of pyridine rings is 1. The molecule has 2 aromatic carbocycles. The molecule has 0 saturated heterocycles. The Bertz CT molecular complexity index is 1050. The number of para-hydroxylation sites is 1. The zero-order chi connectivity index (χ0) is 19.3. The van der Waals surface area contributed by atoms with Crippen LogP contribution in [-0.4, -0.2) is 40.5 Å². The summed E-state index contributed by atoms with van der Waals surface area (Å²) in [5.41, 5.74) is 3.09. The van der Waals surface area contributed by atoms with E-state index in [9.17, 15) is 0 Å². The lowest BCUT2D eigenvalue weighted by Gasteiger charge is -2.25. The second kappa shape index (κ2) is 8.15. The first-order valence-electron chi connectivity index (χ1n) is 9.35. The molecule has 0 bridgehead atoms. The molecule has 5 heteroatoms. The highest BCUT2D eigenvalue weighted by Crippen LogP contribution is 2.26. The zero-order valence-corrected chi connectivity index (χ0v) is 16.1. The summed E-state index contributed by atoms with van der Waals surface area (Å²) in [6.07, 6.45) is 3.55. The molecule has 0 aliphatic rings. The van der Waals surface area contributed by atoms with Gasteiger partial charge >= 0.3 is 0 Å². The van der Waals surface area contributed by atoms with Crippen LogP contribution in [0.1, 0.15) is 11.6 Å². The van der Waals surface area contributed by atoms with Gasteiger partial charge in [-0.15, -0.1) is 0 Å². The second-order valence-electron chi connectivity index (χ2n) is 6.93. The maximum Gasteiger partial charge on any atom is 0.163 e. The number of benzene rings is 2. The Morgan fingerprint density at radius 2 is 1.68 bits per heavy atom. The number of hydrogen-bond donors (Lipinski definition) is 1. The van der Waals surface area contributed by atoms with Crippen LogP contribution in [0.2, 0.25) is 0 Å². The number of nitrogens with zero attached hydrogens (tertiary/aromatic N) is 4. The first-order chi connectivity index (χ1) is 13.7. The van der Waals surface area contributed by atoms with E-state index in [1.807, 2.05) is 36.4 Å². The molecule has 0 fully saturated rings. The number of rotatable bonds is 6. The van der Waals surface area contributed by atoms with E-state index in [0.29, 0.717) is 5.82 Å². The maximum absolute atomic E-state index is 4.82. The average Bonchev–Trinajstić information content (AvgIpc) is 2.75. The molecule has 4 aromatic rings. The Morgan fingerprint density at radius 1 is 0.893 bits per heavy atom. The summed E-state index contributed by atoms with van der Waals surface area (Å²) in [6, 6.07) is 22.7. The molecule has 0 amide bonds. The third-order valence-corrected chi connectivity index (χ3v) is 4.79. The molecular weight excluding hydrogens is 346 g/mol. The third kappa shape index (κ3) is 3.85. The predicted molar refractivity (Wildman–Crippen MR) is 114 cm³/mol. The van der Waals surface area contributed by atoms with Crippen molar-refractivity contribution in [1.82, 2.24) is 19.9 Å². The summed E-state index contributed by atoms with van der Waals surface area (Å²) in [6.45, 7) is 0.741. The van der Waals surface area contributed by atoms with Crippen molar-refractivity contribution >= 4 is 16.7 Å². The highest BCUT2D eigenvalue weighted by atomic mass is 15.1. The minimum atomic E-state index is 0.233. The monoisotopic (exact) mass is 369 g/mol. The van der Waals surface area contributed by atoms with E-state index in [0.717, 1.165) is 28.8 Å². The zero-order valence-electron chi connectivity index (χ0n) is 16.1. The van der Waals surface area contributed by atoms with Crippen molar-refractivity contribution in [3.05, 3.63) is 84.7 Å². The minimum Gasteiger partial charge on any atom is -0.368 e. The quantitative estimate of drug-likeness (QED) is 0.546. The fourth-order valence-corrected chi connectivity index (χ4v) is 3.30. The summed E-state index contributed by atoms with van der Waals surface area (Å²) in [7, 11) is 4.19. The average molecular weight is 369 g/mol. The number of nitrogens with one attached hydrogen (secondary N) is 1. The Hall–Kier alpha value is -3.31. The van der Waals surface area contributed by atoms with E-state index in [4.69, 9.17) is 9.97 Å². The normalized spacial score (nSPS) is 12.2. The molecule has 2 heterocycles. The van der Waals surface area contributed by atoms with E-state index in [1.54, 1.807) is 12.4 Å². The van der Waals surface area contributed by atoms with Crippen LogP contribution in [0.25, 0.3) is 22.3 Å². The topological polar surface area (TPSA) is 53.9 Å². The lowest BCUT2D eigenvalue weighted by atomic mass is 10.1. The van der Waals surface area contributed by atoms with Crippen LogP contribution in [0.5, 0.6) is 0 Å². The molecule has 28 heavy (non-hydrogen) atoms. The van der Waals surface area contributed by atoms with Crippen LogP contribution in [0.3, 0.4) is 0 Å². The molecule has 0 aliphatic heterocycles. The van der Waals surface area contributed by atoms with Gasteiger partial charge in [0.05, 0.1) is 11.6 Å². The van der Waals surface area contributed by atoms with E-state index >= 15 is 0 Å². The third-order valence-electron chi connectivity index (χ3n) is 4.79. The Balaban J connectivity index is 1.69. The summed E-state index contributed by atoms with van der Waals surface area (Å²) in [5, 5.41) is 4.58. The molecular formula is C23H23N5. The van der Waals surface area contributed by atoms with Crippen molar-refractivity contribution in [3.8, 4) is 11.4 Å². The van der Waals surface area contributed by atoms with Gasteiger partial charge in [0, 0.05) is 29.9 Å². The number of anilines is 1. The van der Waals surface area contributed by atoms with E-state index in [1.165, 1.54) is 5.56 Å². The summed E-state index contributed by atoms with van der Waals surface area (Å²) in [4.78, 5) is 16.0. The molecule has 0 radical (unpaired) electrons. The highest BCUT2D eigenvalue weighted by molar-refractivity contribution is 5.90. The van der Waals surface area contributed by atoms with Gasteiger partial charge in [-0.1, -0.05) is 42.5 Å². The molecule has 4 rings (SSSR count). The smallest absolute Gasteiger partial charge is 0.163 e. The van der Waals surface area contributed by atoms with E-state index < -0.39 is 0 Å². The van der Waals surface area contributed by atoms with Crippen LogP contribution in [0, 0.1) is 0 Å². The molecule has 1 atom stereocenters. The Labute approximate surface area is 165 Å². The lowest BCUT2D eigenvalue weighted by molar-refractivity contribution is 0.311. The van der Waals surface area contributed by atoms with Crippen molar-refractivity contribution in [3.63, 3.8) is 0 Å². The van der Waals surface area contributed by atoms with Crippen molar-refractivity contribution in [2.75, 3.05) is 26.0 Å². The summed E-state index contributed by atoms with van der Waals surface area (Å²) < 4.78 is 0. The molecule has 140 valence electrons. The van der Waals surface area contributed by atoms with Crippen LogP contribution < -0.4 is 5.32 Å². The number of likely N-dealkylation sites (N-methyl/N-ethyl adjacent to an activating group) is 1. The van der Waals surface area contributed by atoms with Gasteiger partial charge in [-0.25, -0.2) is 9.97 Å². The maximum atomic E-state index is 4.82. The fourth-order valence-electron chi connectivity index (χ4n) is 3.30. The number of aromatic nitrogens is 3. The first-order valence-corrected chi connectivity index (χ1v) is 9.35. The van der Waals surface area contributed by atoms with Gasteiger partial charge in [0.1, 0.15) is 5.82 Å². The minimum absolute atomic E-state index is 0.233. The summed E-state index contributed by atoms with van der Waals surface area (Å²) in [5.74, 6) is 1.52. The SMILES string of the molecule is CN(C)C(CNc1nc(-c2cccnc2)nc2ccccc12)c1ccccc1. The van der Waals surface area contributed by atoms with Gasteiger partial charge in [-0.05, 0) is 43.9 Å². The number of hydrogen-bond acceptors (Lipinski definition) is 5. The predicted octanol–water partition coefficient (Wildman–Crippen LogP) is 4.41. The molecule has 0 spiro atoms. The lowest BCUT2D eigenvalue weighted by Crippen LogP contribution is -2.27. The molecule has 5 nitrogen and oxygen atoms in total. The highest BCUT2D eigenvalue weighted by Gasteiger charge is 2.15. The van der Waals surface area contributed by atoms with E-state index in [-0.39, 0.29) is 6.04 Å². The Kier molecular flexibility index (Phi) is 5.26. The summed E-state index contributed by atoms with van der Waals surface area (Å²) >= 11 is 0. The van der Waals surface area contributed by atoms with Gasteiger partial charge in [-0.2, -0.15) is 0 Å². The van der Waals surface area contributed by atoms with Gasteiger partial charge in [-0.3, -0.25) is 4.98 Å². The van der Waals surface area contributed by atoms with E-state index in [2.05, 4.69) is 59.6 Å². The molecule has 1 unspecified atom stereocenters. The largest absolute Gasteiger partial charge is 0.368 e. The Morgan fingerprint density at radius 3 is 2.43 bits per heavy atom. The van der Waals surface area contributed by atoms with Crippen LogP contribution in [-0.2, 0) is 0 Å². The molecule has 2 aromatic heterocycles. The second-order valence-corrected chi connectivity index (χ2v) is 6.93. The molecule has 1 N–H and O–H groups in total. The van der Waals surface area contributed by atoms with Gasteiger partial charge in [0.15, 0.2) is 5.82 Å². The van der Waals surface area contributed by atoms with Crippen molar-refractivity contribution in [2.24, 2.45) is 0 Å². The molecule has 0 saturated carbocycles. The van der Waals surface area contributed by atoms with Crippen molar-refractivity contribution in [1.29, 1.82) is 0 Å². The number of fused-ring (bicyclic) bond motifs is 1. The van der Waals surface area contributed by atoms with Crippen molar-refractivity contribution < 1.29 is 0 Å². The van der Waals surface area contributed by atoms with Crippen molar-refractivity contribution in [2.45, 2.75) is 6.04 Å². The van der Waals surface area contributed by atoms with Crippen LogP contribution >= 0.6 is 0 Å². The van der Waals surface area contributed by atoms with Crippen LogP contribution in [0.15, 0.2) is 79.1 Å². The van der Waals surface area contributed by atoms with Gasteiger partial charge < -0.3 is 10.2 Å². The standard InChI is InChI=1S/C23H23N5/c1-28(2)21(17-9-4-3-5-10-17)16-25-23-19-12-6-7-13-20(19)26-22(27-23)18-11-8-14-24-15-18/h3-15,21H,16H2,1-2H3,(H,25,26,27). The molecule has 0 aliphatic carbocycles. The van der Waals surface area contributed by atoms with Gasteiger partial charge in [0.25, 0.3) is 0 Å². The van der Waals surface area contributed by atoms with Gasteiger partial charge in [0.2, 0.25) is 0 Å². The first kappa shape index (κ1) is 18.1. The van der Waals surface area contributed by atoms with Crippen LogP contribution in [0.4, 0.5) is 5.82 Å².